The van der Waals surface area contributed by atoms with Crippen molar-refractivity contribution in [3.05, 3.63) is 29.8 Å². The molecular formula is C18H26F2N4O2. The molecule has 6 nitrogen and oxygen atoms in total. The highest BCUT2D eigenvalue weighted by Gasteiger charge is 2.21. The molecule has 2 amide bonds. The predicted molar refractivity (Wildman–Crippen MR) is 95.8 cm³/mol. The van der Waals surface area contributed by atoms with Crippen molar-refractivity contribution in [1.29, 1.82) is 0 Å². The zero-order valence-electron chi connectivity index (χ0n) is 15.2. The Morgan fingerprint density at radius 1 is 1.08 bits per heavy atom. The maximum absolute atomic E-state index is 13.6. The fraction of sp³-hybridized carbons (Fsp3) is 0.556. The summed E-state index contributed by atoms with van der Waals surface area (Å²) in [5.74, 6) is -1.82. The van der Waals surface area contributed by atoms with E-state index in [1.54, 1.807) is 0 Å². The summed E-state index contributed by atoms with van der Waals surface area (Å²) in [6.07, 6.45) is 0.892. The summed E-state index contributed by atoms with van der Waals surface area (Å²) in [5, 5.41) is 5.39. The van der Waals surface area contributed by atoms with E-state index in [9.17, 15) is 18.4 Å². The van der Waals surface area contributed by atoms with Crippen molar-refractivity contribution in [2.75, 3.05) is 44.6 Å². The van der Waals surface area contributed by atoms with E-state index < -0.39 is 11.6 Å². The van der Waals surface area contributed by atoms with Crippen LogP contribution in [0.25, 0.3) is 0 Å². The number of anilines is 1. The van der Waals surface area contributed by atoms with Gasteiger partial charge in [-0.15, -0.1) is 0 Å². The highest BCUT2D eigenvalue weighted by Crippen LogP contribution is 2.15. The lowest BCUT2D eigenvalue weighted by Gasteiger charge is -2.34. The first-order valence-corrected chi connectivity index (χ1v) is 8.86. The molecule has 0 spiro atoms. The molecule has 1 aliphatic heterocycles. The van der Waals surface area contributed by atoms with Crippen LogP contribution in [-0.4, -0.2) is 66.9 Å². The number of hydrogen-bond donors (Lipinski definition) is 2. The van der Waals surface area contributed by atoms with Crippen molar-refractivity contribution in [2.45, 2.75) is 26.3 Å². The summed E-state index contributed by atoms with van der Waals surface area (Å²) in [5.41, 5.74) is -0.0308. The lowest BCUT2D eigenvalue weighted by Crippen LogP contribution is -2.51. The van der Waals surface area contributed by atoms with Gasteiger partial charge < -0.3 is 10.6 Å². The fourth-order valence-electron chi connectivity index (χ4n) is 2.71. The quantitative estimate of drug-likeness (QED) is 0.764. The molecule has 8 heteroatoms. The van der Waals surface area contributed by atoms with Gasteiger partial charge >= 0.3 is 0 Å². The van der Waals surface area contributed by atoms with Gasteiger partial charge in [0.2, 0.25) is 11.8 Å². The van der Waals surface area contributed by atoms with Crippen LogP contribution in [0.3, 0.4) is 0 Å². The lowest BCUT2D eigenvalue weighted by atomic mass is 10.2. The van der Waals surface area contributed by atoms with Crippen molar-refractivity contribution < 1.29 is 18.4 Å². The first-order chi connectivity index (χ1) is 12.4. The summed E-state index contributed by atoms with van der Waals surface area (Å²) < 4.78 is 26.4. The lowest BCUT2D eigenvalue weighted by molar-refractivity contribution is -0.124. The second-order valence-corrected chi connectivity index (χ2v) is 6.60. The van der Waals surface area contributed by atoms with E-state index in [0.717, 1.165) is 18.6 Å². The molecule has 1 atom stereocenters. The molecule has 0 aliphatic carbocycles. The van der Waals surface area contributed by atoms with Gasteiger partial charge in [0.25, 0.3) is 0 Å². The molecule has 144 valence electrons. The van der Waals surface area contributed by atoms with E-state index in [-0.39, 0.29) is 30.1 Å². The van der Waals surface area contributed by atoms with Crippen molar-refractivity contribution in [3.63, 3.8) is 0 Å². The zero-order chi connectivity index (χ0) is 19.1. The van der Waals surface area contributed by atoms with Crippen LogP contribution < -0.4 is 10.6 Å². The summed E-state index contributed by atoms with van der Waals surface area (Å²) in [4.78, 5) is 27.9. The van der Waals surface area contributed by atoms with Gasteiger partial charge in [-0.2, -0.15) is 0 Å². The second-order valence-electron chi connectivity index (χ2n) is 6.60. The Bertz CT molecular complexity index is 634. The highest BCUT2D eigenvalue weighted by atomic mass is 19.1. The Hall–Kier alpha value is -2.06. The van der Waals surface area contributed by atoms with Crippen molar-refractivity contribution in [2.24, 2.45) is 0 Å². The first kappa shape index (κ1) is 20.3. The number of nitrogens with one attached hydrogen (secondary N) is 2. The number of benzene rings is 1. The van der Waals surface area contributed by atoms with Crippen LogP contribution in [0.1, 0.15) is 20.3 Å². The molecule has 0 bridgehead atoms. The fourth-order valence-corrected chi connectivity index (χ4v) is 2.71. The number of carbonyl (C=O) groups is 2. The van der Waals surface area contributed by atoms with Crippen LogP contribution >= 0.6 is 0 Å². The minimum atomic E-state index is -0.796. The van der Waals surface area contributed by atoms with E-state index in [2.05, 4.69) is 10.6 Å². The number of hydrogen-bond acceptors (Lipinski definition) is 4. The molecular weight excluding hydrogens is 342 g/mol. The molecule has 2 rings (SSSR count). The minimum Gasteiger partial charge on any atom is -0.353 e. The van der Waals surface area contributed by atoms with E-state index in [4.69, 9.17) is 0 Å². The maximum Gasteiger partial charge on any atom is 0.238 e. The van der Waals surface area contributed by atoms with E-state index >= 15 is 0 Å². The number of nitrogens with zero attached hydrogens (tertiary/aromatic N) is 2. The Labute approximate surface area is 152 Å². The molecule has 1 fully saturated rings. The van der Waals surface area contributed by atoms with Crippen molar-refractivity contribution in [3.8, 4) is 0 Å². The Kier molecular flexibility index (Phi) is 7.47. The van der Waals surface area contributed by atoms with Gasteiger partial charge in [0, 0.05) is 38.3 Å². The Balaban J connectivity index is 1.72. The third kappa shape index (κ3) is 6.34. The molecule has 1 unspecified atom stereocenters. The largest absolute Gasteiger partial charge is 0.353 e. The summed E-state index contributed by atoms with van der Waals surface area (Å²) in [6.45, 7) is 7.14. The van der Waals surface area contributed by atoms with Gasteiger partial charge in [0.05, 0.1) is 18.8 Å². The number of piperazine rings is 1. The van der Waals surface area contributed by atoms with Gasteiger partial charge in [0.1, 0.15) is 11.6 Å². The van der Waals surface area contributed by atoms with E-state index in [1.807, 2.05) is 23.6 Å². The molecule has 1 aromatic rings. The van der Waals surface area contributed by atoms with Gasteiger partial charge in [-0.05, 0) is 25.5 Å². The predicted octanol–water partition coefficient (Wildman–Crippen LogP) is 1.44. The van der Waals surface area contributed by atoms with Crippen LogP contribution in [0.2, 0.25) is 0 Å². The number of rotatable bonds is 7. The number of amides is 2. The van der Waals surface area contributed by atoms with E-state index in [0.29, 0.717) is 32.7 Å². The molecule has 1 heterocycles. The Morgan fingerprint density at radius 3 is 2.19 bits per heavy atom. The smallest absolute Gasteiger partial charge is 0.238 e. The third-order valence-corrected chi connectivity index (χ3v) is 4.42. The topological polar surface area (TPSA) is 64.7 Å². The van der Waals surface area contributed by atoms with Gasteiger partial charge in [0.15, 0.2) is 0 Å². The van der Waals surface area contributed by atoms with Crippen LogP contribution in [0, 0.1) is 11.6 Å². The normalized spacial score (nSPS) is 16.9. The zero-order valence-corrected chi connectivity index (χ0v) is 15.2. The summed E-state index contributed by atoms with van der Waals surface area (Å²) in [6, 6.07) is 3.20. The molecule has 0 aromatic heterocycles. The third-order valence-electron chi connectivity index (χ3n) is 4.42. The van der Waals surface area contributed by atoms with Crippen molar-refractivity contribution >= 4 is 17.5 Å². The first-order valence-electron chi connectivity index (χ1n) is 8.86. The SMILES string of the molecule is CCC(C)NC(=O)CN1CCN(CC(=O)Nc2ccc(F)cc2F)CC1. The van der Waals surface area contributed by atoms with Crippen molar-refractivity contribution in [1.82, 2.24) is 15.1 Å². The molecule has 2 N–H and O–H groups in total. The molecule has 1 aromatic carbocycles. The highest BCUT2D eigenvalue weighted by molar-refractivity contribution is 5.92. The van der Waals surface area contributed by atoms with Gasteiger partial charge in [-0.3, -0.25) is 19.4 Å². The van der Waals surface area contributed by atoms with Gasteiger partial charge in [-0.1, -0.05) is 6.92 Å². The number of carbonyl (C=O) groups excluding carboxylic acids is 2. The molecule has 0 radical (unpaired) electrons. The maximum atomic E-state index is 13.6. The molecule has 26 heavy (non-hydrogen) atoms. The average Bonchev–Trinajstić information content (AvgIpc) is 2.59. The van der Waals surface area contributed by atoms with Gasteiger partial charge in [-0.25, -0.2) is 8.78 Å². The average molecular weight is 368 g/mol. The van der Waals surface area contributed by atoms with Crippen LogP contribution in [0.5, 0.6) is 0 Å². The second kappa shape index (κ2) is 9.59. The monoisotopic (exact) mass is 368 g/mol. The molecule has 1 saturated heterocycles. The number of halogens is 2. The van der Waals surface area contributed by atoms with Crippen LogP contribution in [0.15, 0.2) is 18.2 Å². The van der Waals surface area contributed by atoms with E-state index in [1.165, 1.54) is 6.07 Å². The summed E-state index contributed by atoms with van der Waals surface area (Å²) in [7, 11) is 0. The Morgan fingerprint density at radius 2 is 1.65 bits per heavy atom. The standard InChI is InChI=1S/C18H26F2N4O2/c1-3-13(2)21-17(25)11-23-6-8-24(9-7-23)12-18(26)22-16-5-4-14(19)10-15(16)20/h4-5,10,13H,3,6-9,11-12H2,1-2H3,(H,21,25)(H,22,26). The van der Waals surface area contributed by atoms with Crippen LogP contribution in [-0.2, 0) is 9.59 Å². The molecule has 0 saturated carbocycles. The molecule has 1 aliphatic rings. The summed E-state index contributed by atoms with van der Waals surface area (Å²) >= 11 is 0. The minimum absolute atomic E-state index is 0.0114. The van der Waals surface area contributed by atoms with Crippen LogP contribution in [0.4, 0.5) is 14.5 Å².